The summed E-state index contributed by atoms with van der Waals surface area (Å²) >= 11 is 0. The van der Waals surface area contributed by atoms with E-state index >= 15 is 0 Å². The van der Waals surface area contributed by atoms with Gasteiger partial charge in [0.1, 0.15) is 22.9 Å². The van der Waals surface area contributed by atoms with Crippen molar-refractivity contribution in [3.05, 3.63) is 75.2 Å². The van der Waals surface area contributed by atoms with Crippen LogP contribution in [-0.2, 0) is 0 Å². The highest BCUT2D eigenvalue weighted by atomic mass is 16.5. The zero-order valence-electron chi connectivity index (χ0n) is 15.8. The Balaban J connectivity index is 1.29. The van der Waals surface area contributed by atoms with Gasteiger partial charge < -0.3 is 15.4 Å². The lowest BCUT2D eigenvalue weighted by molar-refractivity contribution is 0.304. The van der Waals surface area contributed by atoms with Crippen molar-refractivity contribution in [2.24, 2.45) is 0 Å². The van der Waals surface area contributed by atoms with Crippen LogP contribution in [0.15, 0.2) is 64.3 Å². The minimum Gasteiger partial charge on any atom is -0.494 e. The number of aromatic nitrogens is 1. The molecular formula is C22H25N3O3. The number of rotatable bonds is 12. The van der Waals surface area contributed by atoms with Crippen LogP contribution >= 0.6 is 0 Å². The molecule has 6 heteroatoms. The molecule has 0 fully saturated rings. The third kappa shape index (κ3) is 5.42. The maximum Gasteiger partial charge on any atom is 0.253 e. The van der Waals surface area contributed by atoms with E-state index in [0.29, 0.717) is 23.7 Å². The summed E-state index contributed by atoms with van der Waals surface area (Å²) in [5.74, 6) is 1.46. The van der Waals surface area contributed by atoms with E-state index in [-0.39, 0.29) is 0 Å². The molecule has 6 nitrogen and oxygen atoms in total. The van der Waals surface area contributed by atoms with Gasteiger partial charge in [0.25, 0.3) is 10.9 Å². The maximum absolute atomic E-state index is 11.8. The molecule has 2 N–H and O–H groups in total. The Morgan fingerprint density at radius 2 is 1.50 bits per heavy atom. The molecule has 0 saturated carbocycles. The Morgan fingerprint density at radius 1 is 0.786 bits per heavy atom. The molecule has 28 heavy (non-hydrogen) atoms. The number of hydrogen-bond donors (Lipinski definition) is 2. The number of anilines is 3. The van der Waals surface area contributed by atoms with Crippen molar-refractivity contribution in [2.75, 3.05) is 23.8 Å². The molecule has 0 amide bonds. The lowest BCUT2D eigenvalue weighted by atomic mass is 10.1. The van der Waals surface area contributed by atoms with Crippen LogP contribution in [0.25, 0.3) is 0 Å². The number of nitrogens with zero attached hydrogens (tertiary/aromatic N) is 1. The van der Waals surface area contributed by atoms with Crippen molar-refractivity contribution < 1.29 is 4.74 Å². The normalized spacial score (nSPS) is 10.7. The summed E-state index contributed by atoms with van der Waals surface area (Å²) in [7, 11) is 0. The number of para-hydroxylation sites is 1. The fraction of sp³-hybridized carbons (Fsp3) is 0.318. The Labute approximate surface area is 164 Å². The molecule has 1 aromatic heterocycles. The van der Waals surface area contributed by atoms with Crippen LogP contribution in [0, 0.1) is 0 Å². The van der Waals surface area contributed by atoms with Gasteiger partial charge in [-0.05, 0) is 37.1 Å². The third-order valence-electron chi connectivity index (χ3n) is 4.46. The van der Waals surface area contributed by atoms with Crippen LogP contribution in [0.2, 0.25) is 0 Å². The number of unbranched alkanes of at least 4 members (excludes halogenated alkanes) is 4. The van der Waals surface area contributed by atoms with Gasteiger partial charge in [-0.15, -0.1) is 0 Å². The van der Waals surface area contributed by atoms with Crippen molar-refractivity contribution in [1.82, 2.24) is 4.98 Å². The van der Waals surface area contributed by atoms with Crippen molar-refractivity contribution in [3.8, 4) is 5.75 Å². The smallest absolute Gasteiger partial charge is 0.253 e. The molecule has 0 aliphatic rings. The highest BCUT2D eigenvalue weighted by Crippen LogP contribution is 2.19. The summed E-state index contributed by atoms with van der Waals surface area (Å²) in [6.07, 6.45) is 6.90. The summed E-state index contributed by atoms with van der Waals surface area (Å²) in [6, 6.07) is 15.2. The van der Waals surface area contributed by atoms with E-state index in [0.717, 1.165) is 44.5 Å². The Hall–Kier alpha value is -3.15. The molecule has 0 saturated heterocycles. The summed E-state index contributed by atoms with van der Waals surface area (Å²) < 4.78 is 5.67. The molecule has 0 aliphatic carbocycles. The fourth-order valence-electron chi connectivity index (χ4n) is 2.92. The lowest BCUT2D eigenvalue weighted by Crippen LogP contribution is -2.36. The molecule has 0 spiro atoms. The average molecular weight is 379 g/mol. The zero-order valence-corrected chi connectivity index (χ0v) is 15.8. The topological polar surface area (TPSA) is 80.3 Å². The summed E-state index contributed by atoms with van der Waals surface area (Å²) in [4.78, 5) is 27.7. The maximum atomic E-state index is 11.8. The molecule has 0 unspecified atom stereocenters. The standard InChI is InChI=1S/C22H25N3O3/c26-21-19(20(22(21)27)25-18-13-7-9-14-23-18)24-15-8-2-1-3-10-16-28-17-11-5-4-6-12-17/h4-7,9,11-14,24H,1-3,8,10,15-16H2,(H,23,25). The van der Waals surface area contributed by atoms with Gasteiger partial charge in [-0.1, -0.05) is 43.5 Å². The molecule has 3 aromatic rings. The first-order chi connectivity index (χ1) is 13.8. The molecule has 0 aliphatic heterocycles. The second kappa shape index (κ2) is 10.3. The minimum atomic E-state index is -0.494. The van der Waals surface area contributed by atoms with Gasteiger partial charge in [0, 0.05) is 12.7 Å². The summed E-state index contributed by atoms with van der Waals surface area (Å²) in [5.41, 5.74) is -0.281. The van der Waals surface area contributed by atoms with Crippen molar-refractivity contribution in [3.63, 3.8) is 0 Å². The number of pyridine rings is 1. The number of benzene rings is 1. The molecule has 146 valence electrons. The van der Waals surface area contributed by atoms with E-state index in [2.05, 4.69) is 15.6 Å². The van der Waals surface area contributed by atoms with Crippen molar-refractivity contribution in [2.45, 2.75) is 32.1 Å². The van der Waals surface area contributed by atoms with Gasteiger partial charge in [0.2, 0.25) is 0 Å². The minimum absolute atomic E-state index is 0.307. The number of nitrogens with one attached hydrogen (secondary N) is 2. The van der Waals surface area contributed by atoms with Crippen LogP contribution in [0.5, 0.6) is 5.75 Å². The van der Waals surface area contributed by atoms with Gasteiger partial charge in [0.15, 0.2) is 0 Å². The molecule has 3 rings (SSSR count). The number of ether oxygens (including phenoxy) is 1. The van der Waals surface area contributed by atoms with Gasteiger partial charge >= 0.3 is 0 Å². The first-order valence-electron chi connectivity index (χ1n) is 9.69. The van der Waals surface area contributed by atoms with Gasteiger partial charge in [-0.3, -0.25) is 9.59 Å². The van der Waals surface area contributed by atoms with Crippen LogP contribution < -0.4 is 26.2 Å². The van der Waals surface area contributed by atoms with Crippen LogP contribution in [-0.4, -0.2) is 18.1 Å². The van der Waals surface area contributed by atoms with E-state index in [1.807, 2.05) is 36.4 Å². The monoisotopic (exact) mass is 379 g/mol. The van der Waals surface area contributed by atoms with Gasteiger partial charge in [-0.2, -0.15) is 0 Å². The number of hydrogen-bond acceptors (Lipinski definition) is 6. The fourth-order valence-corrected chi connectivity index (χ4v) is 2.92. The molecular weight excluding hydrogens is 354 g/mol. The quantitative estimate of drug-likeness (QED) is 0.367. The van der Waals surface area contributed by atoms with Gasteiger partial charge in [0.05, 0.1) is 6.61 Å². The second-order valence-corrected chi connectivity index (χ2v) is 6.60. The Morgan fingerprint density at radius 3 is 2.29 bits per heavy atom. The highest BCUT2D eigenvalue weighted by Gasteiger charge is 2.20. The van der Waals surface area contributed by atoms with Crippen molar-refractivity contribution >= 4 is 17.2 Å². The van der Waals surface area contributed by atoms with Crippen LogP contribution in [0.1, 0.15) is 32.1 Å². The molecule has 2 aromatic carbocycles. The predicted molar refractivity (Wildman–Crippen MR) is 112 cm³/mol. The Bertz CT molecular complexity index is 919. The predicted octanol–water partition coefficient (Wildman–Crippen LogP) is 3.86. The molecule has 0 bridgehead atoms. The molecule has 1 heterocycles. The second-order valence-electron chi connectivity index (χ2n) is 6.60. The van der Waals surface area contributed by atoms with E-state index in [9.17, 15) is 9.59 Å². The SMILES string of the molecule is O=c1c(NCCCCCCCOc2ccccc2)c(Nc2ccccn2)c1=O. The largest absolute Gasteiger partial charge is 0.494 e. The van der Waals surface area contributed by atoms with E-state index in [1.54, 1.807) is 18.3 Å². The van der Waals surface area contributed by atoms with E-state index in [1.165, 1.54) is 0 Å². The van der Waals surface area contributed by atoms with Crippen molar-refractivity contribution in [1.29, 1.82) is 0 Å². The van der Waals surface area contributed by atoms with Gasteiger partial charge in [-0.25, -0.2) is 4.98 Å². The first kappa shape index (κ1) is 19.6. The van der Waals surface area contributed by atoms with E-state index in [4.69, 9.17) is 4.74 Å². The first-order valence-corrected chi connectivity index (χ1v) is 9.69. The highest BCUT2D eigenvalue weighted by molar-refractivity contribution is 5.77. The summed E-state index contributed by atoms with van der Waals surface area (Å²) in [5, 5.41) is 6.01. The summed E-state index contributed by atoms with van der Waals surface area (Å²) in [6.45, 7) is 1.40. The molecule has 0 radical (unpaired) electrons. The van der Waals surface area contributed by atoms with E-state index < -0.39 is 10.9 Å². The van der Waals surface area contributed by atoms with Crippen LogP contribution in [0.3, 0.4) is 0 Å². The Kier molecular flexibility index (Phi) is 7.18. The van der Waals surface area contributed by atoms with Crippen LogP contribution in [0.4, 0.5) is 17.2 Å². The third-order valence-corrected chi connectivity index (χ3v) is 4.46. The molecule has 0 atom stereocenters. The average Bonchev–Trinajstić information content (AvgIpc) is 2.75. The zero-order chi connectivity index (χ0) is 19.6. The lowest BCUT2D eigenvalue weighted by Gasteiger charge is -2.14.